The Balaban J connectivity index is 1.76. The third-order valence-corrected chi connectivity index (χ3v) is 5.47. The van der Waals surface area contributed by atoms with Crippen LogP contribution in [0, 0.1) is 5.82 Å². The van der Waals surface area contributed by atoms with Crippen molar-refractivity contribution in [1.29, 1.82) is 0 Å². The molecule has 0 aliphatic carbocycles. The van der Waals surface area contributed by atoms with E-state index in [1.807, 2.05) is 0 Å². The second-order valence-electron chi connectivity index (χ2n) is 4.91. The lowest BCUT2D eigenvalue weighted by Crippen LogP contribution is -2.16. The van der Waals surface area contributed by atoms with Crippen LogP contribution in [-0.4, -0.2) is 31.0 Å². The minimum atomic E-state index is -3.86. The molecule has 1 N–H and O–H groups in total. The third-order valence-electron chi connectivity index (χ3n) is 3.36. The van der Waals surface area contributed by atoms with Gasteiger partial charge in [0.1, 0.15) is 11.6 Å². The largest absolute Gasteiger partial charge is 0.381 e. The number of nitrogens with zero attached hydrogens (tertiary/aromatic N) is 2. The van der Waals surface area contributed by atoms with Gasteiger partial charge in [0, 0.05) is 30.7 Å². The van der Waals surface area contributed by atoms with Gasteiger partial charge in [-0.05, 0) is 31.0 Å². The standard InChI is InChI=1S/C13H14FN3O3S2/c14-10-2-1-3-11(8-10)22(18,19)17-13-15-12(16-21-13)9-4-6-20-7-5-9/h1-3,8-9H,4-7H2,(H,15,16,17). The zero-order valence-corrected chi connectivity index (χ0v) is 13.2. The molecule has 1 aliphatic rings. The van der Waals surface area contributed by atoms with Crippen LogP contribution in [0.15, 0.2) is 29.2 Å². The summed E-state index contributed by atoms with van der Waals surface area (Å²) in [6.45, 7) is 1.32. The summed E-state index contributed by atoms with van der Waals surface area (Å²) in [5.41, 5.74) is 0. The first-order valence-electron chi connectivity index (χ1n) is 6.74. The summed E-state index contributed by atoms with van der Waals surface area (Å²) < 4.78 is 49.3. The Hall–Kier alpha value is -1.58. The fourth-order valence-electron chi connectivity index (χ4n) is 2.21. The molecule has 2 aromatic rings. The van der Waals surface area contributed by atoms with Crippen LogP contribution in [0.3, 0.4) is 0 Å². The molecule has 0 radical (unpaired) electrons. The molecule has 0 bridgehead atoms. The van der Waals surface area contributed by atoms with Crippen LogP contribution in [-0.2, 0) is 14.8 Å². The molecular weight excluding hydrogens is 329 g/mol. The highest BCUT2D eigenvalue weighted by atomic mass is 32.2. The predicted molar refractivity (Wildman–Crippen MR) is 79.9 cm³/mol. The van der Waals surface area contributed by atoms with Crippen molar-refractivity contribution in [2.45, 2.75) is 23.7 Å². The molecular formula is C13H14FN3O3S2. The van der Waals surface area contributed by atoms with Gasteiger partial charge in [0.15, 0.2) is 0 Å². The molecule has 0 amide bonds. The van der Waals surface area contributed by atoms with Gasteiger partial charge < -0.3 is 4.74 Å². The number of hydrogen-bond acceptors (Lipinski definition) is 6. The molecule has 3 rings (SSSR count). The maximum Gasteiger partial charge on any atom is 0.263 e. The number of sulfonamides is 1. The van der Waals surface area contributed by atoms with Crippen molar-refractivity contribution in [2.24, 2.45) is 0 Å². The molecule has 0 atom stereocenters. The Kier molecular flexibility index (Phi) is 4.37. The monoisotopic (exact) mass is 343 g/mol. The number of halogens is 1. The number of nitrogens with one attached hydrogen (secondary N) is 1. The molecule has 1 aliphatic heterocycles. The minimum Gasteiger partial charge on any atom is -0.381 e. The van der Waals surface area contributed by atoms with Crippen LogP contribution >= 0.6 is 11.5 Å². The Labute approximate surface area is 131 Å². The fraction of sp³-hybridized carbons (Fsp3) is 0.385. The van der Waals surface area contributed by atoms with Crippen molar-refractivity contribution in [1.82, 2.24) is 9.36 Å². The molecule has 1 fully saturated rings. The van der Waals surface area contributed by atoms with E-state index in [1.54, 1.807) is 0 Å². The molecule has 1 saturated heterocycles. The first kappa shape index (κ1) is 15.3. The summed E-state index contributed by atoms with van der Waals surface area (Å²) in [5.74, 6) is 0.214. The average molecular weight is 343 g/mol. The number of aromatic nitrogens is 2. The fourth-order valence-corrected chi connectivity index (χ4v) is 4.11. The van der Waals surface area contributed by atoms with E-state index < -0.39 is 15.8 Å². The molecule has 118 valence electrons. The minimum absolute atomic E-state index is 0.143. The van der Waals surface area contributed by atoms with Crippen LogP contribution in [0.5, 0.6) is 0 Å². The average Bonchev–Trinajstić information content (AvgIpc) is 2.96. The van der Waals surface area contributed by atoms with Gasteiger partial charge in [0.05, 0.1) is 4.90 Å². The molecule has 1 aromatic heterocycles. The van der Waals surface area contributed by atoms with E-state index >= 15 is 0 Å². The predicted octanol–water partition coefficient (Wildman–Crippen LogP) is 2.37. The normalized spacial score (nSPS) is 16.6. The summed E-state index contributed by atoms with van der Waals surface area (Å²) >= 11 is 0.983. The second kappa shape index (κ2) is 6.27. The van der Waals surface area contributed by atoms with Gasteiger partial charge in [0.2, 0.25) is 5.13 Å². The first-order valence-corrected chi connectivity index (χ1v) is 9.00. The lowest BCUT2D eigenvalue weighted by atomic mass is 10.00. The molecule has 0 saturated carbocycles. The van der Waals surface area contributed by atoms with Crippen LogP contribution in [0.4, 0.5) is 9.52 Å². The Morgan fingerprint density at radius 1 is 1.32 bits per heavy atom. The van der Waals surface area contributed by atoms with Gasteiger partial charge in [-0.1, -0.05) is 6.07 Å². The number of ether oxygens (including phenoxy) is 1. The quantitative estimate of drug-likeness (QED) is 0.922. The highest BCUT2D eigenvalue weighted by Gasteiger charge is 2.22. The van der Waals surface area contributed by atoms with Crippen LogP contribution in [0.1, 0.15) is 24.6 Å². The molecule has 6 nitrogen and oxygen atoms in total. The highest BCUT2D eigenvalue weighted by molar-refractivity contribution is 7.93. The van der Waals surface area contributed by atoms with Gasteiger partial charge in [-0.15, -0.1) is 0 Å². The zero-order valence-electron chi connectivity index (χ0n) is 11.5. The summed E-state index contributed by atoms with van der Waals surface area (Å²) in [7, 11) is -3.86. The van der Waals surface area contributed by atoms with Crippen molar-refractivity contribution in [3.63, 3.8) is 0 Å². The van der Waals surface area contributed by atoms with Crippen LogP contribution in [0.25, 0.3) is 0 Å². The molecule has 2 heterocycles. The number of anilines is 1. The van der Waals surface area contributed by atoms with E-state index in [2.05, 4.69) is 14.1 Å². The van der Waals surface area contributed by atoms with Gasteiger partial charge >= 0.3 is 0 Å². The molecule has 22 heavy (non-hydrogen) atoms. The highest BCUT2D eigenvalue weighted by Crippen LogP contribution is 2.27. The van der Waals surface area contributed by atoms with Gasteiger partial charge in [-0.25, -0.2) is 17.8 Å². The summed E-state index contributed by atoms with van der Waals surface area (Å²) in [4.78, 5) is 4.09. The van der Waals surface area contributed by atoms with Crippen LogP contribution in [0.2, 0.25) is 0 Å². The van der Waals surface area contributed by atoms with Crippen molar-refractivity contribution >= 4 is 26.7 Å². The summed E-state index contributed by atoms with van der Waals surface area (Å²) in [6, 6.07) is 4.82. The molecule has 0 unspecified atom stereocenters. The number of benzene rings is 1. The van der Waals surface area contributed by atoms with Gasteiger partial charge in [-0.2, -0.15) is 4.37 Å². The van der Waals surface area contributed by atoms with Crippen molar-refractivity contribution < 1.29 is 17.5 Å². The lowest BCUT2D eigenvalue weighted by molar-refractivity contribution is 0.0838. The van der Waals surface area contributed by atoms with Crippen molar-refractivity contribution in [3.8, 4) is 0 Å². The van der Waals surface area contributed by atoms with E-state index in [0.717, 1.165) is 30.4 Å². The SMILES string of the molecule is O=S(=O)(Nc1nc(C2CCOCC2)ns1)c1cccc(F)c1. The summed E-state index contributed by atoms with van der Waals surface area (Å²) in [5, 5.41) is 0.186. The van der Waals surface area contributed by atoms with E-state index in [9.17, 15) is 12.8 Å². The van der Waals surface area contributed by atoms with E-state index in [0.29, 0.717) is 19.0 Å². The second-order valence-corrected chi connectivity index (χ2v) is 7.34. The van der Waals surface area contributed by atoms with Crippen molar-refractivity contribution in [3.05, 3.63) is 35.9 Å². The Bertz CT molecular complexity index is 757. The van der Waals surface area contributed by atoms with Gasteiger partial charge in [0.25, 0.3) is 10.0 Å². The van der Waals surface area contributed by atoms with E-state index in [1.165, 1.54) is 18.2 Å². The van der Waals surface area contributed by atoms with E-state index in [-0.39, 0.29) is 15.9 Å². The number of rotatable bonds is 4. The van der Waals surface area contributed by atoms with Crippen LogP contribution < -0.4 is 4.72 Å². The molecule has 9 heteroatoms. The molecule has 1 aromatic carbocycles. The maximum absolute atomic E-state index is 13.2. The first-order chi connectivity index (χ1) is 10.5. The zero-order chi connectivity index (χ0) is 15.6. The maximum atomic E-state index is 13.2. The summed E-state index contributed by atoms with van der Waals surface area (Å²) in [6.07, 6.45) is 1.65. The topological polar surface area (TPSA) is 81.2 Å². The lowest BCUT2D eigenvalue weighted by Gasteiger charge is -2.18. The van der Waals surface area contributed by atoms with Gasteiger partial charge in [-0.3, -0.25) is 4.72 Å². The smallest absolute Gasteiger partial charge is 0.263 e. The third kappa shape index (κ3) is 3.42. The van der Waals surface area contributed by atoms with E-state index in [4.69, 9.17) is 4.74 Å². The Morgan fingerprint density at radius 2 is 2.09 bits per heavy atom. The molecule has 0 spiro atoms. The van der Waals surface area contributed by atoms with Crippen molar-refractivity contribution in [2.75, 3.05) is 17.9 Å². The Morgan fingerprint density at radius 3 is 2.82 bits per heavy atom. The number of hydrogen-bond donors (Lipinski definition) is 1.